The van der Waals surface area contributed by atoms with Crippen LogP contribution < -0.4 is 9.64 Å². The first-order chi connectivity index (χ1) is 18.2. The molecule has 0 bridgehead atoms. The Bertz CT molecular complexity index is 1470. The molecule has 4 aromatic rings. The number of aromatic nitrogens is 3. The molecule has 0 spiro atoms. The summed E-state index contributed by atoms with van der Waals surface area (Å²) in [5, 5.41) is 4.47. The number of rotatable bonds is 5. The molecule has 10 heteroatoms. The second-order valence-corrected chi connectivity index (χ2v) is 9.41. The monoisotopic (exact) mass is 523 g/mol. The number of fused-ring (bicyclic) bond motifs is 1. The van der Waals surface area contributed by atoms with Gasteiger partial charge in [-0.05, 0) is 55.3 Å². The van der Waals surface area contributed by atoms with E-state index in [0.29, 0.717) is 49.5 Å². The number of hydrogen-bond acceptors (Lipinski definition) is 5. The Morgan fingerprint density at radius 3 is 2.39 bits per heavy atom. The van der Waals surface area contributed by atoms with Gasteiger partial charge >= 0.3 is 6.18 Å². The lowest BCUT2D eigenvalue weighted by molar-refractivity contribution is -0.137. The summed E-state index contributed by atoms with van der Waals surface area (Å²) in [6, 6.07) is 13.2. The van der Waals surface area contributed by atoms with Gasteiger partial charge in [-0.3, -0.25) is 4.79 Å². The molecule has 2 aromatic carbocycles. The molecule has 38 heavy (non-hydrogen) atoms. The maximum atomic E-state index is 13.4. The second kappa shape index (κ2) is 10.00. The smallest absolute Gasteiger partial charge is 0.416 e. The molecule has 0 unspecified atom stereocenters. The van der Waals surface area contributed by atoms with Gasteiger partial charge in [-0.1, -0.05) is 18.2 Å². The lowest BCUT2D eigenvalue weighted by Gasteiger charge is -2.36. The highest BCUT2D eigenvalue weighted by Crippen LogP contribution is 2.32. The van der Waals surface area contributed by atoms with Gasteiger partial charge in [-0.15, -0.1) is 0 Å². The highest BCUT2D eigenvalue weighted by atomic mass is 19.4. The molecule has 7 nitrogen and oxygen atoms in total. The van der Waals surface area contributed by atoms with Gasteiger partial charge in [0.05, 0.1) is 18.9 Å². The number of carbonyl (C=O) groups is 1. The molecule has 0 aliphatic carbocycles. The van der Waals surface area contributed by atoms with E-state index >= 15 is 0 Å². The van der Waals surface area contributed by atoms with Crippen LogP contribution in [0.1, 0.15) is 38.4 Å². The van der Waals surface area contributed by atoms with Crippen LogP contribution in [0.2, 0.25) is 0 Å². The molecule has 5 rings (SSSR count). The summed E-state index contributed by atoms with van der Waals surface area (Å²) in [4.78, 5) is 21.7. The van der Waals surface area contributed by atoms with E-state index in [1.54, 1.807) is 28.8 Å². The molecule has 3 heterocycles. The fraction of sp³-hybridized carbons (Fsp3) is 0.321. The number of hydrogen-bond donors (Lipinski definition) is 0. The van der Waals surface area contributed by atoms with E-state index < -0.39 is 11.7 Å². The molecule has 2 aromatic heterocycles. The number of carbonyl (C=O) groups excluding carboxylic acids is 1. The zero-order chi connectivity index (χ0) is 27.0. The number of aryl methyl sites for hydroxylation is 2. The number of alkyl halides is 3. The van der Waals surface area contributed by atoms with Crippen molar-refractivity contribution in [2.75, 3.05) is 38.2 Å². The summed E-state index contributed by atoms with van der Waals surface area (Å²) >= 11 is 0. The third-order valence-electron chi connectivity index (χ3n) is 7.08. The van der Waals surface area contributed by atoms with Crippen molar-refractivity contribution in [2.45, 2.75) is 26.4 Å². The van der Waals surface area contributed by atoms with Crippen LogP contribution in [0.5, 0.6) is 5.75 Å². The van der Waals surface area contributed by atoms with Crippen LogP contribution in [0, 0.1) is 13.8 Å². The van der Waals surface area contributed by atoms with Gasteiger partial charge < -0.3 is 14.5 Å². The average molecular weight is 524 g/mol. The fourth-order valence-corrected chi connectivity index (χ4v) is 4.88. The molecule has 1 aliphatic heterocycles. The molecular weight excluding hydrogens is 495 g/mol. The zero-order valence-corrected chi connectivity index (χ0v) is 21.4. The largest absolute Gasteiger partial charge is 0.497 e. The van der Waals surface area contributed by atoms with E-state index in [-0.39, 0.29) is 5.91 Å². The zero-order valence-electron chi connectivity index (χ0n) is 21.4. The maximum absolute atomic E-state index is 13.4. The highest BCUT2D eigenvalue weighted by Gasteiger charge is 2.32. The minimum Gasteiger partial charge on any atom is -0.497 e. The molecule has 0 N–H and O–H groups in total. The number of methoxy groups -OCH3 is 1. The van der Waals surface area contributed by atoms with Crippen molar-refractivity contribution >= 4 is 17.2 Å². The number of ether oxygens (including phenoxy) is 1. The number of nitrogens with zero attached hydrogens (tertiary/aromatic N) is 5. The minimum absolute atomic E-state index is 0.183. The van der Waals surface area contributed by atoms with Crippen LogP contribution in [0.25, 0.3) is 5.65 Å². The quantitative estimate of drug-likeness (QED) is 0.371. The molecule has 0 radical (unpaired) electrons. The third kappa shape index (κ3) is 4.90. The Morgan fingerprint density at radius 1 is 1.03 bits per heavy atom. The number of benzene rings is 2. The predicted molar refractivity (Wildman–Crippen MR) is 138 cm³/mol. The van der Waals surface area contributed by atoms with Crippen molar-refractivity contribution in [3.05, 3.63) is 88.4 Å². The Hall–Kier alpha value is -4.08. The molecule has 0 saturated carbocycles. The van der Waals surface area contributed by atoms with Gasteiger partial charge in [-0.2, -0.15) is 18.3 Å². The summed E-state index contributed by atoms with van der Waals surface area (Å²) in [6.45, 7) is 5.55. The van der Waals surface area contributed by atoms with Crippen LogP contribution >= 0.6 is 0 Å². The molecule has 1 fully saturated rings. The van der Waals surface area contributed by atoms with Gasteiger partial charge in [-0.25, -0.2) is 9.50 Å². The number of anilines is 1. The molecule has 1 aliphatic rings. The normalized spacial score (nSPS) is 14.3. The number of piperazine rings is 1. The van der Waals surface area contributed by atoms with Crippen molar-refractivity contribution in [1.29, 1.82) is 0 Å². The Labute approximate surface area is 218 Å². The first kappa shape index (κ1) is 25.6. The van der Waals surface area contributed by atoms with Crippen molar-refractivity contribution < 1.29 is 22.7 Å². The number of halogens is 3. The van der Waals surface area contributed by atoms with Crippen molar-refractivity contribution in [2.24, 2.45) is 0 Å². The summed E-state index contributed by atoms with van der Waals surface area (Å²) in [7, 11) is 1.63. The first-order valence-corrected chi connectivity index (χ1v) is 12.3. The lowest BCUT2D eigenvalue weighted by atomic mass is 10.0. The topological polar surface area (TPSA) is 63.0 Å². The second-order valence-electron chi connectivity index (χ2n) is 9.41. The van der Waals surface area contributed by atoms with E-state index in [9.17, 15) is 18.0 Å². The SMILES string of the molecule is COc1ccc(Cc2c(C)nc3c(C(=O)N4CCN(c5cccc(C(F)(F)F)c5)CC4)cnn3c2C)cc1. The van der Waals surface area contributed by atoms with Crippen molar-refractivity contribution in [1.82, 2.24) is 19.5 Å². The minimum atomic E-state index is -4.39. The summed E-state index contributed by atoms with van der Waals surface area (Å²) in [6.07, 6.45) is -2.17. The average Bonchev–Trinajstić information content (AvgIpc) is 3.34. The van der Waals surface area contributed by atoms with Crippen LogP contribution in [0.15, 0.2) is 54.7 Å². The van der Waals surface area contributed by atoms with E-state index in [1.165, 1.54) is 6.07 Å². The van der Waals surface area contributed by atoms with E-state index in [1.807, 2.05) is 43.0 Å². The first-order valence-electron chi connectivity index (χ1n) is 12.3. The molecule has 1 amide bonds. The van der Waals surface area contributed by atoms with Gasteiger partial charge in [0.25, 0.3) is 5.91 Å². The van der Waals surface area contributed by atoms with Crippen molar-refractivity contribution in [3.63, 3.8) is 0 Å². The molecular formula is C28H28F3N5O2. The molecule has 0 atom stereocenters. The molecule has 198 valence electrons. The van der Waals surface area contributed by atoms with E-state index in [2.05, 4.69) is 5.10 Å². The van der Waals surface area contributed by atoms with Crippen molar-refractivity contribution in [3.8, 4) is 5.75 Å². The lowest BCUT2D eigenvalue weighted by Crippen LogP contribution is -2.48. The van der Waals surface area contributed by atoms with Gasteiger partial charge in [0, 0.05) is 49.7 Å². The van der Waals surface area contributed by atoms with Gasteiger partial charge in [0.15, 0.2) is 5.65 Å². The van der Waals surface area contributed by atoms with Crippen LogP contribution in [-0.4, -0.2) is 58.7 Å². The van der Waals surface area contributed by atoms with Crippen LogP contribution in [-0.2, 0) is 12.6 Å². The predicted octanol–water partition coefficient (Wildman–Crippen LogP) is 4.93. The summed E-state index contributed by atoms with van der Waals surface area (Å²) < 4.78 is 46.3. The Balaban J connectivity index is 1.32. The highest BCUT2D eigenvalue weighted by molar-refractivity contribution is 5.99. The molecule has 1 saturated heterocycles. The van der Waals surface area contributed by atoms with Gasteiger partial charge in [0.1, 0.15) is 11.3 Å². The van der Waals surface area contributed by atoms with Crippen LogP contribution in [0.4, 0.5) is 18.9 Å². The third-order valence-corrected chi connectivity index (χ3v) is 7.08. The van der Waals surface area contributed by atoms with E-state index in [0.717, 1.165) is 40.4 Å². The fourth-order valence-electron chi connectivity index (χ4n) is 4.88. The maximum Gasteiger partial charge on any atom is 0.416 e. The standard InChI is InChI=1S/C28H28F3N5O2/c1-18-24(15-20-7-9-23(38-3)10-8-20)19(2)36-26(33-18)25(17-32-36)27(37)35-13-11-34(12-14-35)22-6-4-5-21(16-22)28(29,30)31/h4-10,16-17H,11-15H2,1-3H3. The number of amides is 1. The van der Waals surface area contributed by atoms with Gasteiger partial charge in [0.2, 0.25) is 0 Å². The Kier molecular flexibility index (Phi) is 6.73. The van der Waals surface area contributed by atoms with E-state index in [4.69, 9.17) is 9.72 Å². The summed E-state index contributed by atoms with van der Waals surface area (Å²) in [5.74, 6) is 0.611. The Morgan fingerprint density at radius 2 is 1.74 bits per heavy atom. The van der Waals surface area contributed by atoms with Crippen LogP contribution in [0.3, 0.4) is 0 Å². The summed E-state index contributed by atoms with van der Waals surface area (Å²) in [5.41, 5.74) is 4.64.